The Bertz CT molecular complexity index is 306. The van der Waals surface area contributed by atoms with Crippen LogP contribution >= 0.6 is 0 Å². The molecule has 2 N–H and O–H groups in total. The molecule has 0 bridgehead atoms. The van der Waals surface area contributed by atoms with Gasteiger partial charge < -0.3 is 10.2 Å². The summed E-state index contributed by atoms with van der Waals surface area (Å²) in [7, 11) is 0. The highest BCUT2D eigenvalue weighted by molar-refractivity contribution is 5.05. The molecule has 0 aliphatic rings. The lowest BCUT2D eigenvalue weighted by molar-refractivity contribution is 0.0826. The van der Waals surface area contributed by atoms with Crippen molar-refractivity contribution in [1.82, 2.24) is 4.90 Å². The van der Waals surface area contributed by atoms with Crippen molar-refractivity contribution < 1.29 is 4.42 Å². The van der Waals surface area contributed by atoms with E-state index in [2.05, 4.69) is 32.6 Å². The van der Waals surface area contributed by atoms with Crippen molar-refractivity contribution in [2.75, 3.05) is 13.1 Å². The van der Waals surface area contributed by atoms with Gasteiger partial charge in [0, 0.05) is 18.0 Å². The van der Waals surface area contributed by atoms with Crippen LogP contribution in [0.5, 0.6) is 0 Å². The molecule has 0 radical (unpaired) electrons. The van der Waals surface area contributed by atoms with Crippen LogP contribution in [0.15, 0.2) is 22.8 Å². The standard InChI is InChI=1S/C14H26N2O/c1-5-14(4,16(6-2)7-3)13(15)11-12-9-8-10-17-12/h8-10,13H,5-7,11,15H2,1-4H3. The van der Waals surface area contributed by atoms with Gasteiger partial charge in [-0.1, -0.05) is 20.8 Å². The summed E-state index contributed by atoms with van der Waals surface area (Å²) in [6.07, 6.45) is 3.56. The van der Waals surface area contributed by atoms with Gasteiger partial charge in [0.05, 0.1) is 6.26 Å². The Kier molecular flexibility index (Phi) is 5.22. The number of nitrogens with two attached hydrogens (primary N) is 1. The molecule has 1 heterocycles. The third kappa shape index (κ3) is 3.11. The van der Waals surface area contributed by atoms with Gasteiger partial charge in [0.1, 0.15) is 5.76 Å². The predicted molar refractivity (Wildman–Crippen MR) is 72.0 cm³/mol. The zero-order valence-electron chi connectivity index (χ0n) is 11.6. The van der Waals surface area contributed by atoms with Gasteiger partial charge in [-0.3, -0.25) is 4.90 Å². The summed E-state index contributed by atoms with van der Waals surface area (Å²) in [6, 6.07) is 4.01. The Balaban J connectivity index is 2.77. The molecule has 2 unspecified atom stereocenters. The highest BCUT2D eigenvalue weighted by atomic mass is 16.3. The van der Waals surface area contributed by atoms with Crippen LogP contribution in [0.1, 0.15) is 39.9 Å². The van der Waals surface area contributed by atoms with Crippen molar-refractivity contribution in [1.29, 1.82) is 0 Å². The van der Waals surface area contributed by atoms with Gasteiger partial charge in [0.15, 0.2) is 0 Å². The van der Waals surface area contributed by atoms with Crippen LogP contribution in [0.2, 0.25) is 0 Å². The molecule has 0 amide bonds. The molecule has 1 aromatic rings. The fourth-order valence-electron chi connectivity index (χ4n) is 2.53. The average Bonchev–Trinajstić information content (AvgIpc) is 2.82. The lowest BCUT2D eigenvalue weighted by Gasteiger charge is -2.44. The maximum absolute atomic E-state index is 6.40. The second kappa shape index (κ2) is 6.22. The molecule has 0 fully saturated rings. The lowest BCUT2D eigenvalue weighted by atomic mass is 9.85. The molecular weight excluding hydrogens is 212 g/mol. The Morgan fingerprint density at radius 3 is 2.41 bits per heavy atom. The van der Waals surface area contributed by atoms with E-state index >= 15 is 0 Å². The number of rotatable bonds is 7. The van der Waals surface area contributed by atoms with E-state index in [-0.39, 0.29) is 11.6 Å². The normalized spacial score (nSPS) is 17.1. The van der Waals surface area contributed by atoms with Gasteiger partial charge in [-0.15, -0.1) is 0 Å². The summed E-state index contributed by atoms with van der Waals surface area (Å²) >= 11 is 0. The molecule has 1 rings (SSSR count). The molecule has 17 heavy (non-hydrogen) atoms. The molecule has 2 atom stereocenters. The van der Waals surface area contributed by atoms with Gasteiger partial charge in [0.2, 0.25) is 0 Å². The molecule has 3 nitrogen and oxygen atoms in total. The summed E-state index contributed by atoms with van der Waals surface area (Å²) in [5.41, 5.74) is 6.44. The van der Waals surface area contributed by atoms with Crippen molar-refractivity contribution in [3.8, 4) is 0 Å². The summed E-state index contributed by atoms with van der Waals surface area (Å²) in [5, 5.41) is 0. The van der Waals surface area contributed by atoms with Crippen LogP contribution in [0, 0.1) is 0 Å². The van der Waals surface area contributed by atoms with Crippen LogP contribution in [-0.2, 0) is 6.42 Å². The molecule has 0 spiro atoms. The molecule has 0 aromatic carbocycles. The molecule has 0 aliphatic heterocycles. The fraction of sp³-hybridized carbons (Fsp3) is 0.714. The number of likely N-dealkylation sites (N-methyl/N-ethyl adjacent to an activating group) is 1. The Morgan fingerprint density at radius 1 is 1.35 bits per heavy atom. The van der Waals surface area contributed by atoms with Gasteiger partial charge in [-0.05, 0) is 38.6 Å². The molecular formula is C14H26N2O. The second-order valence-electron chi connectivity index (χ2n) is 4.77. The largest absolute Gasteiger partial charge is 0.469 e. The zero-order valence-corrected chi connectivity index (χ0v) is 11.6. The van der Waals surface area contributed by atoms with Crippen LogP contribution in [0.4, 0.5) is 0 Å². The van der Waals surface area contributed by atoms with Gasteiger partial charge in [0.25, 0.3) is 0 Å². The summed E-state index contributed by atoms with van der Waals surface area (Å²) < 4.78 is 5.39. The van der Waals surface area contributed by atoms with E-state index in [1.807, 2.05) is 12.1 Å². The number of hydrogen-bond acceptors (Lipinski definition) is 3. The highest BCUT2D eigenvalue weighted by Gasteiger charge is 2.34. The monoisotopic (exact) mass is 238 g/mol. The molecule has 0 saturated carbocycles. The lowest BCUT2D eigenvalue weighted by Crippen LogP contribution is -2.58. The first-order chi connectivity index (χ1) is 8.08. The minimum Gasteiger partial charge on any atom is -0.469 e. The molecule has 98 valence electrons. The topological polar surface area (TPSA) is 42.4 Å². The summed E-state index contributed by atoms with van der Waals surface area (Å²) in [4.78, 5) is 2.45. The van der Waals surface area contributed by atoms with Crippen molar-refractivity contribution in [2.24, 2.45) is 5.73 Å². The number of hydrogen-bond donors (Lipinski definition) is 1. The Hall–Kier alpha value is -0.800. The minimum atomic E-state index is 0.0380. The van der Waals surface area contributed by atoms with E-state index in [0.717, 1.165) is 31.7 Å². The molecule has 0 saturated heterocycles. The van der Waals surface area contributed by atoms with E-state index < -0.39 is 0 Å². The van der Waals surface area contributed by atoms with Crippen LogP contribution in [-0.4, -0.2) is 29.6 Å². The Morgan fingerprint density at radius 2 is 2.00 bits per heavy atom. The van der Waals surface area contributed by atoms with Crippen LogP contribution in [0.3, 0.4) is 0 Å². The van der Waals surface area contributed by atoms with Gasteiger partial charge >= 0.3 is 0 Å². The molecule has 1 aromatic heterocycles. The first kappa shape index (κ1) is 14.3. The van der Waals surface area contributed by atoms with Crippen LogP contribution in [0.25, 0.3) is 0 Å². The van der Waals surface area contributed by atoms with Crippen molar-refractivity contribution in [2.45, 2.75) is 52.1 Å². The van der Waals surface area contributed by atoms with E-state index in [4.69, 9.17) is 10.2 Å². The first-order valence-electron chi connectivity index (χ1n) is 6.61. The van der Waals surface area contributed by atoms with Crippen molar-refractivity contribution >= 4 is 0 Å². The predicted octanol–water partition coefficient (Wildman–Crippen LogP) is 2.66. The van der Waals surface area contributed by atoms with Gasteiger partial charge in [-0.2, -0.15) is 0 Å². The van der Waals surface area contributed by atoms with Crippen LogP contribution < -0.4 is 5.73 Å². The summed E-state index contributed by atoms with van der Waals surface area (Å²) in [5.74, 6) is 0.976. The van der Waals surface area contributed by atoms with E-state index in [1.165, 1.54) is 0 Å². The molecule has 3 heteroatoms. The third-order valence-electron chi connectivity index (χ3n) is 4.00. The quantitative estimate of drug-likeness (QED) is 0.794. The van der Waals surface area contributed by atoms with Crippen molar-refractivity contribution in [3.63, 3.8) is 0 Å². The summed E-state index contributed by atoms with van der Waals surface area (Å²) in [6.45, 7) is 10.9. The average molecular weight is 238 g/mol. The van der Waals surface area contributed by atoms with Crippen molar-refractivity contribution in [3.05, 3.63) is 24.2 Å². The zero-order chi connectivity index (χ0) is 12.9. The molecule has 0 aliphatic carbocycles. The number of nitrogens with zero attached hydrogens (tertiary/aromatic N) is 1. The van der Waals surface area contributed by atoms with E-state index in [9.17, 15) is 0 Å². The maximum atomic E-state index is 6.40. The van der Waals surface area contributed by atoms with Gasteiger partial charge in [-0.25, -0.2) is 0 Å². The Labute approximate surface area is 105 Å². The highest BCUT2D eigenvalue weighted by Crippen LogP contribution is 2.24. The number of furan rings is 1. The first-order valence-corrected chi connectivity index (χ1v) is 6.61. The minimum absolute atomic E-state index is 0.0380. The SMILES string of the molecule is CCN(CC)C(C)(CC)C(N)Cc1ccco1. The maximum Gasteiger partial charge on any atom is 0.105 e. The third-order valence-corrected chi connectivity index (χ3v) is 4.00. The second-order valence-corrected chi connectivity index (χ2v) is 4.77. The fourth-order valence-corrected chi connectivity index (χ4v) is 2.53. The van der Waals surface area contributed by atoms with E-state index in [1.54, 1.807) is 6.26 Å². The smallest absolute Gasteiger partial charge is 0.105 e. The van der Waals surface area contributed by atoms with E-state index in [0.29, 0.717) is 0 Å².